The van der Waals surface area contributed by atoms with Crippen molar-refractivity contribution in [3.63, 3.8) is 0 Å². The van der Waals surface area contributed by atoms with Crippen molar-refractivity contribution < 1.29 is 60.3 Å². The smallest absolute Gasteiger partial charge is 0.397 e. The van der Waals surface area contributed by atoms with Gasteiger partial charge in [-0.05, 0) is 38.1 Å². The van der Waals surface area contributed by atoms with E-state index in [9.17, 15) is 15.0 Å². The molecule has 5 rings (SSSR count). The van der Waals surface area contributed by atoms with Crippen molar-refractivity contribution >= 4 is 70.9 Å². The minimum atomic E-state index is -3.90. The number of aliphatic hydroxyl groups is 2. The Kier molecular flexibility index (Phi) is 7.70. The van der Waals surface area contributed by atoms with Crippen molar-refractivity contribution in [2.75, 3.05) is 0 Å². The highest BCUT2D eigenvalue weighted by molar-refractivity contribution is 6.99. The van der Waals surface area contributed by atoms with Crippen molar-refractivity contribution in [2.45, 2.75) is 89.8 Å². The summed E-state index contributed by atoms with van der Waals surface area (Å²) in [6.45, 7) is 11.8. The van der Waals surface area contributed by atoms with Crippen molar-refractivity contribution in [2.24, 2.45) is 5.92 Å². The monoisotopic (exact) mass is 666 g/mol. The van der Waals surface area contributed by atoms with Crippen LogP contribution in [0.3, 0.4) is 0 Å². The van der Waals surface area contributed by atoms with E-state index < -0.39 is 83.1 Å². The Bertz CT molecular complexity index is 903. The second kappa shape index (κ2) is 9.60. The molecular weight excluding hydrogens is 629 g/mol. The molecule has 6 bridgehead atoms. The first kappa shape index (κ1) is 29.7. The van der Waals surface area contributed by atoms with E-state index in [1.807, 2.05) is 6.55 Å². The zero-order valence-electron chi connectivity index (χ0n) is 22.2. The van der Waals surface area contributed by atoms with Crippen LogP contribution in [0.25, 0.3) is 0 Å². The van der Waals surface area contributed by atoms with Gasteiger partial charge in [-0.15, -0.1) is 0 Å². The summed E-state index contributed by atoms with van der Waals surface area (Å²) >= 11 is 0. The summed E-state index contributed by atoms with van der Waals surface area (Å²) < 4.78 is 71.3. The molecule has 11 unspecified atom stereocenters. The molecule has 0 aromatic rings. The number of rotatable bonds is 3. The summed E-state index contributed by atoms with van der Waals surface area (Å²) in [6, 6.07) is 0.362. The first-order chi connectivity index (χ1) is 16.8. The third-order valence-corrected chi connectivity index (χ3v) is 39.7. The van der Waals surface area contributed by atoms with E-state index >= 15 is 0 Å². The van der Waals surface area contributed by atoms with Crippen molar-refractivity contribution in [1.29, 1.82) is 0 Å². The summed E-state index contributed by atoms with van der Waals surface area (Å²) in [6.07, 6.45) is 0.867. The molecular formula is C15H38O14Si8. The highest BCUT2D eigenvalue weighted by Crippen LogP contribution is 2.45. The van der Waals surface area contributed by atoms with E-state index in [0.717, 1.165) is 6.42 Å². The predicted octanol–water partition coefficient (Wildman–Crippen LogP) is 0.329. The number of aliphatic hydroxyl groups excluding tert-OH is 2. The highest BCUT2D eigenvalue weighted by atomic mass is 28.6. The molecule has 1 aliphatic carbocycles. The Morgan fingerprint density at radius 1 is 0.649 bits per heavy atom. The molecule has 0 amide bonds. The molecule has 22 heteroatoms. The van der Waals surface area contributed by atoms with Crippen molar-refractivity contribution in [3.8, 4) is 0 Å². The van der Waals surface area contributed by atoms with E-state index in [2.05, 4.69) is 0 Å². The van der Waals surface area contributed by atoms with E-state index in [-0.39, 0.29) is 5.92 Å². The van der Waals surface area contributed by atoms with Crippen LogP contribution in [0.2, 0.25) is 51.9 Å². The third-order valence-electron chi connectivity index (χ3n) is 6.76. The fourth-order valence-corrected chi connectivity index (χ4v) is 47.2. The van der Waals surface area contributed by atoms with Gasteiger partial charge in [0.05, 0.1) is 12.2 Å². The molecule has 0 radical (unpaired) electrons. The van der Waals surface area contributed by atoms with Crippen LogP contribution in [-0.4, -0.2) is 98.1 Å². The molecule has 37 heavy (non-hydrogen) atoms. The second-order valence-electron chi connectivity index (χ2n) is 11.0. The first-order valence-corrected chi connectivity index (χ1v) is 30.0. The molecule has 4 saturated heterocycles. The number of fused-ring (bicyclic) bond motifs is 4. The Balaban J connectivity index is 1.56. The van der Waals surface area contributed by atoms with Gasteiger partial charge in [-0.3, -0.25) is 0 Å². The molecule has 0 spiro atoms. The maximum Gasteiger partial charge on any atom is 0.480 e. The third kappa shape index (κ3) is 6.49. The van der Waals surface area contributed by atoms with Gasteiger partial charge in [0, 0.05) is 45.3 Å². The summed E-state index contributed by atoms with van der Waals surface area (Å²) in [4.78, 5) is 11.3. The summed E-state index contributed by atoms with van der Waals surface area (Å²) in [5, 5.41) is 20.2. The molecule has 14 nitrogen and oxygen atoms in total. The first-order valence-electron chi connectivity index (χ1n) is 12.6. The van der Waals surface area contributed by atoms with Crippen LogP contribution >= 0.6 is 0 Å². The molecule has 214 valence electrons. The average molecular weight is 667 g/mol. The molecule has 0 aromatic carbocycles. The van der Waals surface area contributed by atoms with Gasteiger partial charge in [-0.1, -0.05) is 0 Å². The van der Waals surface area contributed by atoms with Gasteiger partial charge in [-0.2, -0.15) is 0 Å². The largest absolute Gasteiger partial charge is 0.480 e. The predicted molar refractivity (Wildman–Crippen MR) is 141 cm³/mol. The zero-order chi connectivity index (χ0) is 27.1. The van der Waals surface area contributed by atoms with E-state index in [4.69, 9.17) is 45.3 Å². The molecule has 0 aromatic heterocycles. The van der Waals surface area contributed by atoms with Gasteiger partial charge in [0.15, 0.2) is 0 Å². The molecule has 3 N–H and O–H groups in total. The van der Waals surface area contributed by atoms with Crippen LogP contribution in [-0.2, 0) is 45.3 Å². The van der Waals surface area contributed by atoms with E-state index in [1.165, 1.54) is 6.55 Å². The van der Waals surface area contributed by atoms with E-state index in [0.29, 0.717) is 25.3 Å². The Labute approximate surface area is 226 Å². The van der Waals surface area contributed by atoms with Crippen LogP contribution in [0.15, 0.2) is 0 Å². The minimum absolute atomic E-state index is 0.130. The fraction of sp³-hybridized carbons (Fsp3) is 1.00. The standard InChI is InChI=1S/C15H38O14Si8/c1-30-19-32(3)23-33(4)21-31(2,18)22-34(5)26-35(6,25-33)27-36(7,24-32)29-37(20-30,28-34)11-10-13-8-9-14(16)15(17)12-13/h13-18,30H,8-12H2,1-7H3. The number of hydrogen-bond donors (Lipinski definition) is 3. The quantitative estimate of drug-likeness (QED) is 0.353. The molecule has 4 aliphatic heterocycles. The Hall–Kier alpha value is 1.18. The van der Waals surface area contributed by atoms with Crippen LogP contribution in [0, 0.1) is 5.92 Å². The van der Waals surface area contributed by atoms with Crippen LogP contribution in [0.5, 0.6) is 0 Å². The molecule has 4 heterocycles. The maximum absolute atomic E-state index is 11.3. The zero-order valence-corrected chi connectivity index (χ0v) is 30.3. The fourth-order valence-electron chi connectivity index (χ4n) is 5.94. The van der Waals surface area contributed by atoms with Gasteiger partial charge in [-0.25, -0.2) is 0 Å². The van der Waals surface area contributed by atoms with Gasteiger partial charge < -0.3 is 60.3 Å². The summed E-state index contributed by atoms with van der Waals surface area (Å²) in [5.41, 5.74) is 0. The number of hydrogen-bond acceptors (Lipinski definition) is 14. The lowest BCUT2D eigenvalue weighted by molar-refractivity contribution is -0.0267. The lowest BCUT2D eigenvalue weighted by Gasteiger charge is -2.56. The topological polar surface area (TPSA) is 162 Å². The SMILES string of the molecule is C[SiH]1O[Si]2(C)O[Si]3(C)O[Si](C)(O)O[Si]4(C)O[Si](C)(O3)O[Si](C)(O2)O[Si](CCC2CCC(O)C(O)C2)(O1)O4. The second-order valence-corrected chi connectivity index (χ2v) is 33.6. The molecule has 1 saturated carbocycles. The lowest BCUT2D eigenvalue weighted by Crippen LogP contribution is -2.81. The van der Waals surface area contributed by atoms with Crippen molar-refractivity contribution in [1.82, 2.24) is 0 Å². The minimum Gasteiger partial charge on any atom is -0.397 e. The van der Waals surface area contributed by atoms with Crippen LogP contribution in [0.4, 0.5) is 0 Å². The average Bonchev–Trinajstić information content (AvgIpc) is 2.61. The molecule has 5 aliphatic rings. The Morgan fingerprint density at radius 2 is 1.14 bits per heavy atom. The Morgan fingerprint density at radius 3 is 1.70 bits per heavy atom. The van der Waals surface area contributed by atoms with Gasteiger partial charge in [0.25, 0.3) is 0 Å². The normalized spacial score (nSPS) is 58.5. The summed E-state index contributed by atoms with van der Waals surface area (Å²) in [5.74, 6) is 0.130. The van der Waals surface area contributed by atoms with Gasteiger partial charge in [0.1, 0.15) is 0 Å². The van der Waals surface area contributed by atoms with Crippen molar-refractivity contribution in [3.05, 3.63) is 0 Å². The van der Waals surface area contributed by atoms with Crippen LogP contribution in [0.1, 0.15) is 25.7 Å². The van der Waals surface area contributed by atoms with E-state index in [1.54, 1.807) is 32.7 Å². The molecule has 5 fully saturated rings. The highest BCUT2D eigenvalue weighted by Gasteiger charge is 2.74. The maximum atomic E-state index is 11.3. The van der Waals surface area contributed by atoms with Gasteiger partial charge >= 0.3 is 70.9 Å². The summed E-state index contributed by atoms with van der Waals surface area (Å²) in [7, 11) is -28.2. The molecule has 11 atom stereocenters. The van der Waals surface area contributed by atoms with Crippen LogP contribution < -0.4 is 0 Å². The lowest BCUT2D eigenvalue weighted by atomic mass is 9.84. The van der Waals surface area contributed by atoms with Gasteiger partial charge in [0.2, 0.25) is 0 Å².